The van der Waals surface area contributed by atoms with Gasteiger partial charge in [-0.05, 0) is 118 Å². The van der Waals surface area contributed by atoms with Crippen molar-refractivity contribution in [2.45, 2.75) is 69.9 Å². The summed E-state index contributed by atoms with van der Waals surface area (Å²) in [6, 6.07) is 35.5. The van der Waals surface area contributed by atoms with E-state index in [1.807, 2.05) is 109 Å². The molecule has 4 aromatic carbocycles. The molecule has 2 saturated carbocycles. The molecule has 0 bridgehead atoms. The Kier molecular flexibility index (Phi) is 10.7. The average Bonchev–Trinajstić information content (AvgIpc) is 3.24. The second-order valence-electron chi connectivity index (χ2n) is 15.2. The number of pyridine rings is 2. The van der Waals surface area contributed by atoms with Crippen molar-refractivity contribution in [3.63, 3.8) is 0 Å². The predicted molar refractivity (Wildman–Crippen MR) is 219 cm³/mol. The molecule has 2 amide bonds. The van der Waals surface area contributed by atoms with Gasteiger partial charge in [-0.1, -0.05) is 60.7 Å². The molecule has 8 nitrogen and oxygen atoms in total. The minimum atomic E-state index is -0.0390. The highest BCUT2D eigenvalue weighted by atomic mass is 16.5. The van der Waals surface area contributed by atoms with Crippen LogP contribution in [0.4, 0.5) is 0 Å². The zero-order valence-electron chi connectivity index (χ0n) is 31.6. The van der Waals surface area contributed by atoms with Crippen molar-refractivity contribution >= 4 is 33.6 Å². The molecule has 0 aliphatic heterocycles. The number of ether oxygens (including phenoxy) is 2. The summed E-state index contributed by atoms with van der Waals surface area (Å²) in [6.07, 6.45) is 9.68. The molecule has 0 saturated heterocycles. The van der Waals surface area contributed by atoms with E-state index < -0.39 is 0 Å². The Morgan fingerprint density at radius 2 is 0.964 bits per heavy atom. The molecular formula is C47H48N4O4. The topological polar surface area (TPSA) is 102 Å². The van der Waals surface area contributed by atoms with Gasteiger partial charge in [-0.3, -0.25) is 9.59 Å². The van der Waals surface area contributed by atoms with Gasteiger partial charge in [0.05, 0.1) is 47.8 Å². The third kappa shape index (κ3) is 8.19. The van der Waals surface area contributed by atoms with E-state index in [1.165, 1.54) is 6.42 Å². The zero-order valence-corrected chi connectivity index (χ0v) is 31.6. The summed E-state index contributed by atoms with van der Waals surface area (Å²) >= 11 is 0. The lowest BCUT2D eigenvalue weighted by Gasteiger charge is -2.34. The first kappa shape index (κ1) is 36.2. The Morgan fingerprint density at radius 3 is 1.38 bits per heavy atom. The summed E-state index contributed by atoms with van der Waals surface area (Å²) in [6.45, 7) is 0. The first-order valence-electron chi connectivity index (χ1n) is 19.6. The van der Waals surface area contributed by atoms with Crippen molar-refractivity contribution in [2.24, 2.45) is 11.8 Å². The van der Waals surface area contributed by atoms with Crippen LogP contribution in [0, 0.1) is 11.8 Å². The van der Waals surface area contributed by atoms with Crippen LogP contribution in [0.15, 0.2) is 109 Å². The summed E-state index contributed by atoms with van der Waals surface area (Å²) in [7, 11) is 3.30. The van der Waals surface area contributed by atoms with Gasteiger partial charge in [0.15, 0.2) is 0 Å². The van der Waals surface area contributed by atoms with Gasteiger partial charge >= 0.3 is 0 Å². The van der Waals surface area contributed by atoms with Crippen molar-refractivity contribution in [2.75, 3.05) is 14.2 Å². The fraction of sp³-hybridized carbons (Fsp3) is 0.319. The molecule has 2 aliphatic rings. The van der Waals surface area contributed by atoms with Crippen LogP contribution >= 0.6 is 0 Å². The Labute approximate surface area is 322 Å². The number of hydrogen-bond acceptors (Lipinski definition) is 6. The maximum atomic E-state index is 13.8. The third-order valence-electron chi connectivity index (χ3n) is 11.7. The number of carbonyl (C=O) groups excluding carboxylic acids is 2. The van der Waals surface area contributed by atoms with E-state index in [0.29, 0.717) is 23.0 Å². The number of nitrogens with zero attached hydrogens (tertiary/aromatic N) is 2. The van der Waals surface area contributed by atoms with E-state index >= 15 is 0 Å². The normalized spacial score (nSPS) is 19.8. The Morgan fingerprint density at radius 1 is 0.545 bits per heavy atom. The fourth-order valence-corrected chi connectivity index (χ4v) is 8.67. The van der Waals surface area contributed by atoms with Crippen molar-refractivity contribution < 1.29 is 19.1 Å². The highest BCUT2D eigenvalue weighted by Gasteiger charge is 2.29. The molecule has 0 unspecified atom stereocenters. The van der Waals surface area contributed by atoms with Crippen LogP contribution in [0.2, 0.25) is 0 Å². The number of carbonyl (C=O) groups is 2. The van der Waals surface area contributed by atoms with Gasteiger partial charge in [0.1, 0.15) is 11.5 Å². The fourth-order valence-electron chi connectivity index (χ4n) is 8.67. The number of methoxy groups -OCH3 is 2. The molecule has 8 heteroatoms. The van der Waals surface area contributed by atoms with Gasteiger partial charge in [-0.2, -0.15) is 0 Å². The average molecular weight is 733 g/mol. The first-order valence-corrected chi connectivity index (χ1v) is 19.6. The molecule has 2 N–H and O–H groups in total. The number of benzene rings is 4. The van der Waals surface area contributed by atoms with E-state index in [1.54, 1.807) is 14.2 Å². The highest BCUT2D eigenvalue weighted by Crippen LogP contribution is 2.36. The van der Waals surface area contributed by atoms with Crippen LogP contribution in [0.1, 0.15) is 78.5 Å². The summed E-state index contributed by atoms with van der Waals surface area (Å²) in [5, 5.41) is 8.48. The smallest absolute Gasteiger partial charge is 0.252 e. The number of aromatic nitrogens is 2. The van der Waals surface area contributed by atoms with E-state index in [0.717, 1.165) is 107 Å². The Bertz CT molecular complexity index is 2160. The lowest BCUT2D eigenvalue weighted by atomic mass is 9.75. The van der Waals surface area contributed by atoms with Crippen molar-refractivity contribution in [3.05, 3.63) is 120 Å². The molecule has 6 aromatic rings. The van der Waals surface area contributed by atoms with Crippen LogP contribution in [0.25, 0.3) is 44.3 Å². The van der Waals surface area contributed by atoms with Crippen molar-refractivity contribution in [1.82, 2.24) is 20.6 Å². The summed E-state index contributed by atoms with van der Waals surface area (Å²) in [5.41, 5.74) is 6.25. The Balaban J connectivity index is 0.847. The minimum Gasteiger partial charge on any atom is -0.497 e. The van der Waals surface area contributed by atoms with Crippen LogP contribution in [-0.2, 0) is 0 Å². The summed E-state index contributed by atoms with van der Waals surface area (Å²) in [4.78, 5) is 37.3. The number of fused-ring (bicyclic) bond motifs is 2. The van der Waals surface area contributed by atoms with Gasteiger partial charge in [-0.15, -0.1) is 0 Å². The largest absolute Gasteiger partial charge is 0.497 e. The SMILES string of the molecule is COc1cccc(-c2cc(C(=O)NC3CCC(CC4CCC(NC(=O)c5cc(-c6cccc(OC)c6)nc6ccccc56)CC4)CC3)c3ccccc3n2)c1. The lowest BCUT2D eigenvalue weighted by molar-refractivity contribution is 0.0919. The molecule has 0 radical (unpaired) electrons. The summed E-state index contributed by atoms with van der Waals surface area (Å²) < 4.78 is 10.9. The van der Waals surface area contributed by atoms with Crippen molar-refractivity contribution in [1.29, 1.82) is 0 Å². The van der Waals surface area contributed by atoms with Gasteiger partial charge < -0.3 is 20.1 Å². The maximum Gasteiger partial charge on any atom is 0.252 e. The molecule has 0 spiro atoms. The molecule has 2 heterocycles. The molecule has 2 fully saturated rings. The lowest BCUT2D eigenvalue weighted by Crippen LogP contribution is -2.39. The molecule has 8 rings (SSSR count). The van der Waals surface area contributed by atoms with Gasteiger partial charge in [0, 0.05) is 34.0 Å². The van der Waals surface area contributed by atoms with Crippen LogP contribution in [0.3, 0.4) is 0 Å². The van der Waals surface area contributed by atoms with Crippen molar-refractivity contribution in [3.8, 4) is 34.0 Å². The standard InChI is InChI=1S/C47H48N4O4/c1-54-36-11-7-9-32(26-36)44-28-40(38-13-3-5-15-42(38)50-44)46(52)48-34-21-17-30(18-22-34)25-31-19-23-35(24-20-31)49-47(53)41-29-45(33-10-8-12-37(27-33)55-2)51-43-16-6-4-14-39(41)43/h3-16,26-31,34-35H,17-25H2,1-2H3,(H,48,52)(H,49,53). The van der Waals surface area contributed by atoms with E-state index in [2.05, 4.69) is 10.6 Å². The van der Waals surface area contributed by atoms with E-state index in [9.17, 15) is 9.59 Å². The van der Waals surface area contributed by atoms with Crippen LogP contribution in [0.5, 0.6) is 11.5 Å². The number of amides is 2. The maximum absolute atomic E-state index is 13.8. The van der Waals surface area contributed by atoms with E-state index in [4.69, 9.17) is 19.4 Å². The number of rotatable bonds is 10. The highest BCUT2D eigenvalue weighted by molar-refractivity contribution is 6.08. The monoisotopic (exact) mass is 732 g/mol. The quantitative estimate of drug-likeness (QED) is 0.145. The molecule has 0 atom stereocenters. The van der Waals surface area contributed by atoms with Crippen LogP contribution in [-0.4, -0.2) is 48.1 Å². The molecule has 2 aromatic heterocycles. The van der Waals surface area contributed by atoms with Crippen LogP contribution < -0.4 is 20.1 Å². The zero-order chi connectivity index (χ0) is 37.7. The number of para-hydroxylation sites is 2. The minimum absolute atomic E-state index is 0.0390. The van der Waals surface area contributed by atoms with Gasteiger partial charge in [-0.25, -0.2) is 9.97 Å². The second kappa shape index (κ2) is 16.3. The molecule has 280 valence electrons. The van der Waals surface area contributed by atoms with Gasteiger partial charge in [0.2, 0.25) is 0 Å². The van der Waals surface area contributed by atoms with E-state index in [-0.39, 0.29) is 23.9 Å². The first-order chi connectivity index (χ1) is 26.9. The van der Waals surface area contributed by atoms with Gasteiger partial charge in [0.25, 0.3) is 11.8 Å². The molecule has 2 aliphatic carbocycles. The number of nitrogens with one attached hydrogen (secondary N) is 2. The third-order valence-corrected chi connectivity index (χ3v) is 11.7. The number of hydrogen-bond donors (Lipinski definition) is 2. The molecule has 55 heavy (non-hydrogen) atoms. The molecular weight excluding hydrogens is 685 g/mol. The predicted octanol–water partition coefficient (Wildman–Crippen LogP) is 9.80. The second-order valence-corrected chi connectivity index (χ2v) is 15.2. The Hall–Kier alpha value is -5.76. The summed E-state index contributed by atoms with van der Waals surface area (Å²) in [5.74, 6) is 2.77.